The number of likely N-dealkylation sites (tertiary alicyclic amines) is 2. The number of amides is 1. The molecule has 1 atom stereocenters. The fraction of sp³-hybridized carbons (Fsp3) is 0.500. The minimum absolute atomic E-state index is 0.266. The van der Waals surface area contributed by atoms with Crippen LogP contribution in [0.5, 0.6) is 5.75 Å². The molecule has 148 valence electrons. The van der Waals surface area contributed by atoms with Crippen molar-refractivity contribution in [1.82, 2.24) is 19.8 Å². The van der Waals surface area contributed by atoms with Crippen LogP contribution in [0.4, 0.5) is 0 Å². The largest absolute Gasteiger partial charge is 0.496 e. The number of ether oxygens (including phenoxy) is 1. The zero-order valence-electron chi connectivity index (χ0n) is 16.5. The molecule has 0 unspecified atom stereocenters. The predicted octanol–water partition coefficient (Wildman–Crippen LogP) is 2.95. The number of carbonyl (C=O) groups excluding carboxylic acids is 1. The molecule has 3 heterocycles. The third-order valence-electron chi connectivity index (χ3n) is 5.80. The smallest absolute Gasteiger partial charge is 0.236 e. The number of benzene rings is 1. The molecule has 2 aliphatic rings. The average molecular weight is 380 g/mol. The third kappa shape index (κ3) is 4.02. The van der Waals surface area contributed by atoms with E-state index in [4.69, 9.17) is 9.72 Å². The van der Waals surface area contributed by atoms with E-state index in [-0.39, 0.29) is 11.8 Å². The minimum atomic E-state index is 0.266. The summed E-state index contributed by atoms with van der Waals surface area (Å²) in [5.41, 5.74) is 2.86. The Morgan fingerprint density at radius 2 is 1.89 bits per heavy atom. The number of para-hydroxylation sites is 1. The Hall–Kier alpha value is -2.47. The molecular formula is C22H28N4O2. The summed E-state index contributed by atoms with van der Waals surface area (Å²) < 4.78 is 5.54. The number of nitrogens with zero attached hydrogens (tertiary/aromatic N) is 4. The lowest BCUT2D eigenvalue weighted by Gasteiger charge is -2.33. The van der Waals surface area contributed by atoms with E-state index in [1.54, 1.807) is 19.5 Å². The van der Waals surface area contributed by atoms with Gasteiger partial charge in [0.25, 0.3) is 0 Å². The maximum absolute atomic E-state index is 12.6. The number of hydrogen-bond acceptors (Lipinski definition) is 5. The van der Waals surface area contributed by atoms with Crippen LogP contribution in [0, 0.1) is 0 Å². The van der Waals surface area contributed by atoms with Gasteiger partial charge in [-0.2, -0.15) is 0 Å². The first-order valence-corrected chi connectivity index (χ1v) is 10.2. The van der Waals surface area contributed by atoms with Gasteiger partial charge in [0.1, 0.15) is 5.75 Å². The highest BCUT2D eigenvalue weighted by molar-refractivity contribution is 5.78. The van der Waals surface area contributed by atoms with Gasteiger partial charge in [0, 0.05) is 43.5 Å². The Morgan fingerprint density at radius 3 is 2.71 bits per heavy atom. The van der Waals surface area contributed by atoms with Crippen LogP contribution < -0.4 is 4.74 Å². The van der Waals surface area contributed by atoms with Gasteiger partial charge >= 0.3 is 0 Å². The van der Waals surface area contributed by atoms with Crippen LogP contribution in [0.15, 0.2) is 36.7 Å². The van der Waals surface area contributed by atoms with Crippen LogP contribution in [-0.2, 0) is 4.79 Å². The summed E-state index contributed by atoms with van der Waals surface area (Å²) in [5, 5.41) is 0. The lowest BCUT2D eigenvalue weighted by molar-refractivity contribution is -0.131. The molecule has 28 heavy (non-hydrogen) atoms. The second-order valence-corrected chi connectivity index (χ2v) is 7.65. The number of carbonyl (C=O) groups is 1. The van der Waals surface area contributed by atoms with Crippen molar-refractivity contribution in [2.75, 3.05) is 39.8 Å². The summed E-state index contributed by atoms with van der Waals surface area (Å²) in [4.78, 5) is 26.2. The van der Waals surface area contributed by atoms with Crippen molar-refractivity contribution >= 4 is 5.91 Å². The number of methoxy groups -OCH3 is 1. The fourth-order valence-electron chi connectivity index (χ4n) is 4.38. The van der Waals surface area contributed by atoms with Crippen molar-refractivity contribution in [3.63, 3.8) is 0 Å². The molecule has 2 aromatic rings. The quantitative estimate of drug-likeness (QED) is 0.798. The summed E-state index contributed by atoms with van der Waals surface area (Å²) in [7, 11) is 1.68. The van der Waals surface area contributed by atoms with Gasteiger partial charge in [-0.25, -0.2) is 0 Å². The molecule has 4 rings (SSSR count). The highest BCUT2D eigenvalue weighted by Gasteiger charge is 2.28. The van der Waals surface area contributed by atoms with E-state index in [2.05, 4.69) is 9.88 Å². The second-order valence-electron chi connectivity index (χ2n) is 7.65. The van der Waals surface area contributed by atoms with Gasteiger partial charge in [-0.05, 0) is 44.4 Å². The lowest BCUT2D eigenvalue weighted by atomic mass is 9.91. The van der Waals surface area contributed by atoms with Crippen molar-refractivity contribution in [2.24, 2.45) is 0 Å². The molecule has 2 saturated heterocycles. The first-order valence-electron chi connectivity index (χ1n) is 10.2. The number of hydrogen-bond donors (Lipinski definition) is 0. The summed E-state index contributed by atoms with van der Waals surface area (Å²) >= 11 is 0. The first kappa shape index (κ1) is 18.9. The van der Waals surface area contributed by atoms with Crippen LogP contribution in [-0.4, -0.2) is 65.5 Å². The molecule has 1 aromatic heterocycles. The molecular weight excluding hydrogens is 352 g/mol. The van der Waals surface area contributed by atoms with E-state index < -0.39 is 0 Å². The molecule has 6 heteroatoms. The molecule has 0 spiro atoms. The minimum Gasteiger partial charge on any atom is -0.496 e. The van der Waals surface area contributed by atoms with Gasteiger partial charge in [0.05, 0.1) is 25.0 Å². The van der Waals surface area contributed by atoms with Gasteiger partial charge in [-0.1, -0.05) is 12.1 Å². The van der Waals surface area contributed by atoms with Crippen LogP contribution >= 0.6 is 0 Å². The molecule has 0 bridgehead atoms. The standard InChI is InChI=1S/C22H28N4O2/c1-28-19-9-3-2-8-18(19)22-21(23-10-11-24-22)17-7-6-12-25(15-17)16-20(27)26-13-4-5-14-26/h2-3,8-11,17H,4-7,12-16H2,1H3/t17-/m0/s1. The Bertz CT molecular complexity index is 820. The Labute approximate surface area is 166 Å². The Balaban J connectivity index is 1.53. The van der Waals surface area contributed by atoms with Gasteiger partial charge in [-0.15, -0.1) is 0 Å². The second kappa shape index (κ2) is 8.69. The first-order chi connectivity index (χ1) is 13.8. The zero-order chi connectivity index (χ0) is 19.3. The average Bonchev–Trinajstić information content (AvgIpc) is 3.29. The van der Waals surface area contributed by atoms with Gasteiger partial charge in [-0.3, -0.25) is 19.7 Å². The molecule has 1 amide bonds. The number of aromatic nitrogens is 2. The summed E-state index contributed by atoms with van der Waals surface area (Å²) in [5.74, 6) is 1.34. The Kier molecular flexibility index (Phi) is 5.86. The third-order valence-corrected chi connectivity index (χ3v) is 5.80. The molecule has 0 aliphatic carbocycles. The monoisotopic (exact) mass is 380 g/mol. The molecule has 0 saturated carbocycles. The van der Waals surface area contributed by atoms with E-state index in [0.717, 1.165) is 74.6 Å². The van der Waals surface area contributed by atoms with Crippen LogP contribution in [0.25, 0.3) is 11.3 Å². The Morgan fingerprint density at radius 1 is 1.11 bits per heavy atom. The van der Waals surface area contributed by atoms with Crippen molar-refractivity contribution in [1.29, 1.82) is 0 Å². The van der Waals surface area contributed by atoms with E-state index >= 15 is 0 Å². The van der Waals surface area contributed by atoms with E-state index in [0.29, 0.717) is 6.54 Å². The number of piperidine rings is 1. The van der Waals surface area contributed by atoms with Crippen LogP contribution in [0.1, 0.15) is 37.3 Å². The predicted molar refractivity (Wildman–Crippen MR) is 108 cm³/mol. The molecule has 0 N–H and O–H groups in total. The van der Waals surface area contributed by atoms with Crippen molar-refractivity contribution in [3.8, 4) is 17.0 Å². The zero-order valence-corrected chi connectivity index (χ0v) is 16.5. The summed E-state index contributed by atoms with van der Waals surface area (Å²) in [6.07, 6.45) is 7.91. The van der Waals surface area contributed by atoms with Crippen LogP contribution in [0.2, 0.25) is 0 Å². The highest BCUT2D eigenvalue weighted by atomic mass is 16.5. The topological polar surface area (TPSA) is 58.6 Å². The maximum Gasteiger partial charge on any atom is 0.236 e. The lowest BCUT2D eigenvalue weighted by Crippen LogP contribution is -2.43. The molecule has 1 aromatic carbocycles. The van der Waals surface area contributed by atoms with E-state index in [9.17, 15) is 4.79 Å². The normalized spacial score (nSPS) is 20.3. The van der Waals surface area contributed by atoms with Crippen molar-refractivity contribution in [2.45, 2.75) is 31.6 Å². The highest BCUT2D eigenvalue weighted by Crippen LogP contribution is 2.35. The SMILES string of the molecule is COc1ccccc1-c1nccnc1[C@H]1CCCN(CC(=O)N2CCCC2)C1. The van der Waals surface area contributed by atoms with Crippen LogP contribution in [0.3, 0.4) is 0 Å². The van der Waals surface area contributed by atoms with Gasteiger partial charge in [0.2, 0.25) is 5.91 Å². The van der Waals surface area contributed by atoms with Gasteiger partial charge < -0.3 is 9.64 Å². The summed E-state index contributed by atoms with van der Waals surface area (Å²) in [6.45, 7) is 4.16. The molecule has 6 nitrogen and oxygen atoms in total. The van der Waals surface area contributed by atoms with Crippen molar-refractivity contribution in [3.05, 3.63) is 42.4 Å². The van der Waals surface area contributed by atoms with Gasteiger partial charge in [0.15, 0.2) is 0 Å². The molecule has 0 radical (unpaired) electrons. The fourth-order valence-corrected chi connectivity index (χ4v) is 4.38. The summed E-state index contributed by atoms with van der Waals surface area (Å²) in [6, 6.07) is 7.95. The van der Waals surface area contributed by atoms with E-state index in [1.165, 1.54) is 0 Å². The van der Waals surface area contributed by atoms with Crippen molar-refractivity contribution < 1.29 is 9.53 Å². The van der Waals surface area contributed by atoms with E-state index in [1.807, 2.05) is 29.2 Å². The number of rotatable bonds is 5. The molecule has 2 fully saturated rings. The molecule has 2 aliphatic heterocycles. The maximum atomic E-state index is 12.6.